The van der Waals surface area contributed by atoms with Crippen LogP contribution in [-0.2, 0) is 4.79 Å². The minimum atomic E-state index is 0.417. The van der Waals surface area contributed by atoms with Gasteiger partial charge in [-0.25, -0.2) is 0 Å². The molecule has 84 valence electrons. The summed E-state index contributed by atoms with van der Waals surface area (Å²) in [7, 11) is 0. The summed E-state index contributed by atoms with van der Waals surface area (Å²) in [5.41, 5.74) is 0. The second kappa shape index (κ2) is 8.02. The van der Waals surface area contributed by atoms with E-state index in [0.29, 0.717) is 18.1 Å². The van der Waals surface area contributed by atoms with E-state index in [-0.39, 0.29) is 0 Å². The molecule has 0 aliphatic heterocycles. The smallest absolute Gasteiger partial charge is 0.132 e. The van der Waals surface area contributed by atoms with Crippen molar-refractivity contribution in [2.24, 2.45) is 11.8 Å². The van der Waals surface area contributed by atoms with Gasteiger partial charge in [0.2, 0.25) is 0 Å². The summed E-state index contributed by atoms with van der Waals surface area (Å²) < 4.78 is 0. The number of hydrogen-bond donors (Lipinski definition) is 0. The second-order valence-electron chi connectivity index (χ2n) is 4.68. The van der Waals surface area contributed by atoms with Gasteiger partial charge in [0, 0.05) is 12.8 Å². The molecule has 0 amide bonds. The predicted octanol–water partition coefficient (Wildman–Crippen LogP) is 4.21. The zero-order valence-corrected chi connectivity index (χ0v) is 10.3. The van der Waals surface area contributed by atoms with Gasteiger partial charge in [-0.1, -0.05) is 47.0 Å². The van der Waals surface area contributed by atoms with Gasteiger partial charge in [-0.15, -0.1) is 0 Å². The molecular weight excluding hydrogens is 172 g/mol. The van der Waals surface area contributed by atoms with Crippen LogP contribution >= 0.6 is 0 Å². The summed E-state index contributed by atoms with van der Waals surface area (Å²) in [6.45, 7) is 8.70. The van der Waals surface area contributed by atoms with Crippen molar-refractivity contribution < 1.29 is 4.79 Å². The van der Waals surface area contributed by atoms with Gasteiger partial charge in [0.1, 0.15) is 5.78 Å². The Morgan fingerprint density at radius 1 is 1.14 bits per heavy atom. The zero-order valence-electron chi connectivity index (χ0n) is 10.3. The molecule has 0 aliphatic carbocycles. The van der Waals surface area contributed by atoms with E-state index in [9.17, 15) is 4.79 Å². The molecule has 0 aromatic rings. The zero-order chi connectivity index (χ0) is 11.0. The van der Waals surface area contributed by atoms with E-state index >= 15 is 0 Å². The summed E-state index contributed by atoms with van der Waals surface area (Å²) >= 11 is 0. The Morgan fingerprint density at radius 2 is 1.79 bits per heavy atom. The highest BCUT2D eigenvalue weighted by atomic mass is 16.1. The van der Waals surface area contributed by atoms with Crippen molar-refractivity contribution in [1.82, 2.24) is 0 Å². The molecule has 14 heavy (non-hydrogen) atoms. The minimum absolute atomic E-state index is 0.417. The second-order valence-corrected chi connectivity index (χ2v) is 4.68. The number of carbonyl (C=O) groups excluding carboxylic acids is 1. The Kier molecular flexibility index (Phi) is 7.83. The normalized spacial score (nSPS) is 15.1. The maximum Gasteiger partial charge on any atom is 0.132 e. The van der Waals surface area contributed by atoms with Gasteiger partial charge < -0.3 is 0 Å². The average Bonchev–Trinajstić information content (AvgIpc) is 2.14. The summed E-state index contributed by atoms with van der Waals surface area (Å²) in [4.78, 5) is 11.2. The molecule has 0 radical (unpaired) electrons. The lowest BCUT2D eigenvalue weighted by molar-refractivity contribution is -0.119. The molecule has 1 heteroatoms. The molecule has 0 aliphatic rings. The van der Waals surface area contributed by atoms with E-state index in [1.54, 1.807) is 0 Å². The van der Waals surface area contributed by atoms with Gasteiger partial charge in [0.15, 0.2) is 0 Å². The third-order valence-corrected chi connectivity index (χ3v) is 2.83. The Morgan fingerprint density at radius 3 is 2.29 bits per heavy atom. The van der Waals surface area contributed by atoms with E-state index in [1.165, 1.54) is 25.7 Å². The molecule has 0 fully saturated rings. The van der Waals surface area contributed by atoms with Gasteiger partial charge in [-0.2, -0.15) is 0 Å². The van der Waals surface area contributed by atoms with Crippen LogP contribution in [0.25, 0.3) is 0 Å². The Bertz CT molecular complexity index is 151. The molecular formula is C13H26O. The molecule has 0 bridgehead atoms. The number of Topliss-reactive ketones (excluding diaryl/α,β-unsaturated/α-hetero) is 1. The van der Waals surface area contributed by atoms with E-state index in [4.69, 9.17) is 0 Å². The Balaban J connectivity index is 3.59. The van der Waals surface area contributed by atoms with Crippen LogP contribution in [0, 0.1) is 11.8 Å². The first-order valence-corrected chi connectivity index (χ1v) is 6.11. The summed E-state index contributed by atoms with van der Waals surface area (Å²) in [5.74, 6) is 1.78. The monoisotopic (exact) mass is 198 g/mol. The lowest BCUT2D eigenvalue weighted by Crippen LogP contribution is -2.08. The third-order valence-electron chi connectivity index (χ3n) is 2.83. The van der Waals surface area contributed by atoms with Gasteiger partial charge in [0.05, 0.1) is 0 Å². The first-order chi connectivity index (χ1) is 6.60. The Hall–Kier alpha value is -0.330. The molecule has 0 heterocycles. The van der Waals surface area contributed by atoms with Crippen LogP contribution in [0.1, 0.15) is 66.2 Å². The molecule has 2 atom stereocenters. The fourth-order valence-corrected chi connectivity index (χ4v) is 1.97. The quantitative estimate of drug-likeness (QED) is 0.571. The topological polar surface area (TPSA) is 17.1 Å². The van der Waals surface area contributed by atoms with Crippen LogP contribution < -0.4 is 0 Å². The maximum atomic E-state index is 11.2. The lowest BCUT2D eigenvalue weighted by Gasteiger charge is -2.16. The van der Waals surface area contributed by atoms with Crippen LogP contribution in [0.3, 0.4) is 0 Å². The first kappa shape index (κ1) is 13.7. The van der Waals surface area contributed by atoms with E-state index < -0.39 is 0 Å². The Labute approximate surface area is 89.3 Å². The highest BCUT2D eigenvalue weighted by molar-refractivity contribution is 5.78. The SMILES string of the molecule is CCCCC(C)CC(C)CC(=O)CC. The van der Waals surface area contributed by atoms with Crippen molar-refractivity contribution in [2.45, 2.75) is 66.2 Å². The maximum absolute atomic E-state index is 11.2. The largest absolute Gasteiger partial charge is 0.300 e. The summed E-state index contributed by atoms with van der Waals surface area (Å²) in [6, 6.07) is 0. The van der Waals surface area contributed by atoms with E-state index in [2.05, 4.69) is 20.8 Å². The molecule has 0 aromatic heterocycles. The van der Waals surface area contributed by atoms with Crippen molar-refractivity contribution in [2.75, 3.05) is 0 Å². The average molecular weight is 198 g/mol. The fraction of sp³-hybridized carbons (Fsp3) is 0.923. The van der Waals surface area contributed by atoms with Gasteiger partial charge in [-0.3, -0.25) is 4.79 Å². The lowest BCUT2D eigenvalue weighted by atomic mass is 9.90. The molecule has 1 nitrogen and oxygen atoms in total. The van der Waals surface area contributed by atoms with E-state index in [0.717, 1.165) is 12.3 Å². The molecule has 0 saturated carbocycles. The van der Waals surface area contributed by atoms with Gasteiger partial charge in [0.25, 0.3) is 0 Å². The predicted molar refractivity (Wildman–Crippen MR) is 62.4 cm³/mol. The molecule has 0 aromatic carbocycles. The summed E-state index contributed by atoms with van der Waals surface area (Å²) in [5, 5.41) is 0. The molecule has 0 N–H and O–H groups in total. The van der Waals surface area contributed by atoms with Crippen LogP contribution in [0.2, 0.25) is 0 Å². The number of unbranched alkanes of at least 4 members (excludes halogenated alkanes) is 1. The van der Waals surface area contributed by atoms with Crippen molar-refractivity contribution in [3.8, 4) is 0 Å². The van der Waals surface area contributed by atoms with Crippen molar-refractivity contribution in [1.29, 1.82) is 0 Å². The molecule has 2 unspecified atom stereocenters. The molecule has 0 saturated heterocycles. The highest BCUT2D eigenvalue weighted by Crippen LogP contribution is 2.20. The molecule has 0 spiro atoms. The van der Waals surface area contributed by atoms with Gasteiger partial charge >= 0.3 is 0 Å². The van der Waals surface area contributed by atoms with Crippen LogP contribution in [-0.4, -0.2) is 5.78 Å². The number of hydrogen-bond acceptors (Lipinski definition) is 1. The van der Waals surface area contributed by atoms with Crippen molar-refractivity contribution >= 4 is 5.78 Å². The van der Waals surface area contributed by atoms with Crippen LogP contribution in [0.5, 0.6) is 0 Å². The highest BCUT2D eigenvalue weighted by Gasteiger charge is 2.11. The van der Waals surface area contributed by atoms with Crippen molar-refractivity contribution in [3.05, 3.63) is 0 Å². The van der Waals surface area contributed by atoms with Crippen molar-refractivity contribution in [3.63, 3.8) is 0 Å². The van der Waals surface area contributed by atoms with Gasteiger partial charge in [-0.05, 0) is 18.3 Å². The summed E-state index contributed by atoms with van der Waals surface area (Å²) in [6.07, 6.45) is 6.63. The number of rotatable bonds is 8. The molecule has 0 rings (SSSR count). The van der Waals surface area contributed by atoms with Crippen LogP contribution in [0.4, 0.5) is 0 Å². The fourth-order valence-electron chi connectivity index (χ4n) is 1.97. The van der Waals surface area contributed by atoms with E-state index in [1.807, 2.05) is 6.92 Å². The third kappa shape index (κ3) is 7.11. The number of ketones is 1. The number of carbonyl (C=O) groups is 1. The minimum Gasteiger partial charge on any atom is -0.300 e. The van der Waals surface area contributed by atoms with Crippen LogP contribution in [0.15, 0.2) is 0 Å². The first-order valence-electron chi connectivity index (χ1n) is 6.11. The standard InChI is InChI=1S/C13H26O/c1-5-7-8-11(3)9-12(4)10-13(14)6-2/h11-12H,5-10H2,1-4H3.